The normalized spacial score (nSPS) is 13.8. The van der Waals surface area contributed by atoms with Crippen LogP contribution in [0.1, 0.15) is 51.8 Å². The molecule has 0 spiro atoms. The predicted octanol–water partition coefficient (Wildman–Crippen LogP) is 5.27. The molecule has 2 heterocycles. The third-order valence-electron chi connectivity index (χ3n) is 5.48. The number of rotatable bonds is 7. The van der Waals surface area contributed by atoms with E-state index in [1.54, 1.807) is 35.2 Å². The van der Waals surface area contributed by atoms with E-state index in [0.717, 1.165) is 17.5 Å². The molecule has 1 atom stereocenters. The average Bonchev–Trinajstić information content (AvgIpc) is 3.48. The molecule has 6 nitrogen and oxygen atoms in total. The van der Waals surface area contributed by atoms with Crippen LogP contribution in [0.25, 0.3) is 11.0 Å². The molecule has 4 rings (SSSR count). The second-order valence-electron chi connectivity index (χ2n) is 7.78. The van der Waals surface area contributed by atoms with Crippen molar-refractivity contribution in [3.05, 3.63) is 75.0 Å². The van der Waals surface area contributed by atoms with Crippen molar-refractivity contribution in [2.75, 3.05) is 13.1 Å². The van der Waals surface area contributed by atoms with Gasteiger partial charge in [0, 0.05) is 34.6 Å². The lowest BCUT2D eigenvalue weighted by atomic mass is 10.1. The van der Waals surface area contributed by atoms with Gasteiger partial charge in [0.1, 0.15) is 5.82 Å². The molecule has 0 radical (unpaired) electrons. The summed E-state index contributed by atoms with van der Waals surface area (Å²) in [5, 5.41) is 3.65. The average molecular weight is 526 g/mol. The molecule has 8 heteroatoms. The lowest BCUT2D eigenvalue weighted by molar-refractivity contribution is 0.0798. The van der Waals surface area contributed by atoms with Crippen LogP contribution < -0.4 is 5.32 Å². The van der Waals surface area contributed by atoms with Gasteiger partial charge in [-0.1, -0.05) is 23.8 Å². The van der Waals surface area contributed by atoms with Gasteiger partial charge in [-0.3, -0.25) is 9.59 Å². The largest absolute Gasteiger partial charge is 0.342 e. The van der Waals surface area contributed by atoms with Crippen LogP contribution in [-0.4, -0.2) is 39.8 Å². The minimum atomic E-state index is -0.354. The van der Waals surface area contributed by atoms with E-state index in [9.17, 15) is 9.59 Å². The summed E-state index contributed by atoms with van der Waals surface area (Å²) in [6.07, 6.45) is 11.3. The van der Waals surface area contributed by atoms with Crippen molar-refractivity contribution in [3.8, 4) is 12.3 Å². The number of carbonyl (C=O) groups excluding carboxylic acids is 2. The summed E-state index contributed by atoms with van der Waals surface area (Å²) in [6, 6.07) is 10.1. The van der Waals surface area contributed by atoms with Crippen LogP contribution in [0.2, 0.25) is 5.02 Å². The van der Waals surface area contributed by atoms with Crippen LogP contribution in [0.15, 0.2) is 53.0 Å². The fourth-order valence-electron chi connectivity index (χ4n) is 3.73. The zero-order chi connectivity index (χ0) is 23.4. The molecular formula is C25H22BrClN4O2. The number of unbranched alkanes of at least 4 members (excludes halogenated alkanes) is 1. The van der Waals surface area contributed by atoms with Crippen LogP contribution in [0.5, 0.6) is 0 Å². The number of nitrogens with one attached hydrogen (secondary N) is 2. The Bertz CT molecular complexity index is 1270. The van der Waals surface area contributed by atoms with Gasteiger partial charge in [0.15, 0.2) is 0 Å². The molecule has 0 fully saturated rings. The number of terminal acetylenes is 1. The number of hydrogen-bond donors (Lipinski definition) is 2. The van der Waals surface area contributed by atoms with E-state index < -0.39 is 0 Å². The highest BCUT2D eigenvalue weighted by atomic mass is 79.9. The fourth-order valence-corrected chi connectivity index (χ4v) is 4.45. The van der Waals surface area contributed by atoms with Gasteiger partial charge < -0.3 is 15.2 Å². The van der Waals surface area contributed by atoms with Gasteiger partial charge >= 0.3 is 0 Å². The second-order valence-corrected chi connectivity index (χ2v) is 9.07. The zero-order valence-electron chi connectivity index (χ0n) is 17.8. The van der Waals surface area contributed by atoms with Gasteiger partial charge in [0.05, 0.1) is 22.6 Å². The molecule has 168 valence electrons. The number of fused-ring (bicyclic) bond motifs is 1. The molecule has 0 aliphatic carbocycles. The Morgan fingerprint density at radius 3 is 2.76 bits per heavy atom. The lowest BCUT2D eigenvalue weighted by Gasteiger charge is -2.18. The lowest BCUT2D eigenvalue weighted by Crippen LogP contribution is -2.30. The zero-order valence-corrected chi connectivity index (χ0v) is 20.1. The SMILES string of the molecule is C#CCCC[C@H](NC(=O)c1ccc(C(=O)N2CC=CC2)c(Br)c1)c1nc2cc(Cl)ccc2[nH]1. The number of nitrogens with zero attached hydrogens (tertiary/aromatic N) is 2. The van der Waals surface area contributed by atoms with Gasteiger partial charge in [-0.05, 0) is 65.2 Å². The predicted molar refractivity (Wildman–Crippen MR) is 133 cm³/mol. The first-order valence-electron chi connectivity index (χ1n) is 10.6. The molecule has 0 bridgehead atoms. The van der Waals surface area contributed by atoms with Gasteiger partial charge in [-0.2, -0.15) is 0 Å². The molecule has 33 heavy (non-hydrogen) atoms. The summed E-state index contributed by atoms with van der Waals surface area (Å²) in [5.74, 6) is 2.94. The first-order chi connectivity index (χ1) is 16.0. The molecule has 0 unspecified atom stereocenters. The smallest absolute Gasteiger partial charge is 0.255 e. The Morgan fingerprint density at radius 1 is 1.24 bits per heavy atom. The highest BCUT2D eigenvalue weighted by Crippen LogP contribution is 2.25. The number of H-pyrrole nitrogens is 1. The van der Waals surface area contributed by atoms with E-state index in [4.69, 9.17) is 18.0 Å². The quantitative estimate of drug-likeness (QED) is 0.251. The van der Waals surface area contributed by atoms with Gasteiger partial charge in [0.2, 0.25) is 0 Å². The van der Waals surface area contributed by atoms with Crippen LogP contribution >= 0.6 is 27.5 Å². The van der Waals surface area contributed by atoms with Gasteiger partial charge in [-0.25, -0.2) is 4.98 Å². The molecule has 2 N–H and O–H groups in total. The van der Waals surface area contributed by atoms with E-state index in [0.29, 0.717) is 52.4 Å². The standard InChI is InChI=1S/C25H22BrClN4O2/c1-2-3-4-7-21(23-28-20-11-9-17(27)15-22(20)29-23)30-24(32)16-8-10-18(19(26)14-16)25(33)31-12-5-6-13-31/h1,5-6,8-11,14-15,21H,3-4,7,12-13H2,(H,28,29)(H,30,32)/t21-/m0/s1. The highest BCUT2D eigenvalue weighted by Gasteiger charge is 2.22. The summed E-state index contributed by atoms with van der Waals surface area (Å²) in [5.41, 5.74) is 2.54. The molecule has 1 aromatic heterocycles. The summed E-state index contributed by atoms with van der Waals surface area (Å²) in [4.78, 5) is 35.4. The molecule has 1 aliphatic heterocycles. The fraction of sp³-hybridized carbons (Fsp3) is 0.240. The van der Waals surface area contributed by atoms with Gasteiger partial charge in [-0.15, -0.1) is 12.3 Å². The number of halogens is 2. The van der Waals surface area contributed by atoms with Crippen LogP contribution in [-0.2, 0) is 0 Å². The number of aromatic nitrogens is 2. The van der Waals surface area contributed by atoms with Gasteiger partial charge in [0.25, 0.3) is 11.8 Å². The van der Waals surface area contributed by atoms with E-state index in [1.165, 1.54) is 0 Å². The Balaban J connectivity index is 1.54. The Kier molecular flexibility index (Phi) is 7.17. The number of amides is 2. The van der Waals surface area contributed by atoms with Crippen molar-refractivity contribution in [2.24, 2.45) is 0 Å². The van der Waals surface area contributed by atoms with E-state index >= 15 is 0 Å². The summed E-state index contributed by atoms with van der Waals surface area (Å²) >= 11 is 9.54. The van der Waals surface area contributed by atoms with E-state index in [1.807, 2.05) is 18.2 Å². The van der Waals surface area contributed by atoms with Crippen LogP contribution in [0, 0.1) is 12.3 Å². The Morgan fingerprint density at radius 2 is 2.03 bits per heavy atom. The number of imidazole rings is 1. The first-order valence-corrected chi connectivity index (χ1v) is 11.8. The summed E-state index contributed by atoms with van der Waals surface area (Å²) in [7, 11) is 0. The van der Waals surface area contributed by atoms with E-state index in [2.05, 4.69) is 37.1 Å². The molecule has 0 saturated carbocycles. The first kappa shape index (κ1) is 23.1. The molecule has 0 saturated heterocycles. The number of carbonyl (C=O) groups is 2. The maximum atomic E-state index is 13.1. The number of aromatic amines is 1. The highest BCUT2D eigenvalue weighted by molar-refractivity contribution is 9.10. The summed E-state index contributed by atoms with van der Waals surface area (Å²) < 4.78 is 0.578. The minimum Gasteiger partial charge on any atom is -0.342 e. The topological polar surface area (TPSA) is 78.1 Å². The maximum Gasteiger partial charge on any atom is 0.255 e. The molecule has 1 aliphatic rings. The van der Waals surface area contributed by atoms with Crippen molar-refractivity contribution < 1.29 is 9.59 Å². The van der Waals surface area contributed by atoms with Crippen molar-refractivity contribution in [1.82, 2.24) is 20.2 Å². The van der Waals surface area contributed by atoms with Crippen molar-refractivity contribution in [2.45, 2.75) is 25.3 Å². The maximum absolute atomic E-state index is 13.1. The van der Waals surface area contributed by atoms with Crippen molar-refractivity contribution in [3.63, 3.8) is 0 Å². The summed E-state index contributed by atoms with van der Waals surface area (Å²) in [6.45, 7) is 1.19. The molecular weight excluding hydrogens is 504 g/mol. The molecule has 2 amide bonds. The number of benzene rings is 2. The monoisotopic (exact) mass is 524 g/mol. The molecule has 2 aromatic carbocycles. The Labute approximate surface area is 205 Å². The van der Waals surface area contributed by atoms with Crippen LogP contribution in [0.4, 0.5) is 0 Å². The second kappa shape index (κ2) is 10.2. The van der Waals surface area contributed by atoms with Crippen molar-refractivity contribution in [1.29, 1.82) is 0 Å². The molecule has 3 aromatic rings. The van der Waals surface area contributed by atoms with Crippen LogP contribution in [0.3, 0.4) is 0 Å². The van der Waals surface area contributed by atoms with E-state index in [-0.39, 0.29) is 17.9 Å². The Hall–Kier alpha value is -3.08. The minimum absolute atomic E-state index is 0.0769. The van der Waals surface area contributed by atoms with Crippen molar-refractivity contribution >= 4 is 50.4 Å². The third kappa shape index (κ3) is 5.29. The third-order valence-corrected chi connectivity index (χ3v) is 6.37. The number of hydrogen-bond acceptors (Lipinski definition) is 3.